The molecule has 3 N–H and O–H groups in total. The van der Waals surface area contributed by atoms with Crippen molar-refractivity contribution in [3.8, 4) is 11.5 Å². The van der Waals surface area contributed by atoms with Crippen LogP contribution < -0.4 is 20.5 Å². The lowest BCUT2D eigenvalue weighted by Gasteiger charge is -2.12. The van der Waals surface area contributed by atoms with Gasteiger partial charge in [-0.25, -0.2) is 0 Å². The largest absolute Gasteiger partial charge is 0.495 e. The molecule has 1 atom stereocenters. The zero-order chi connectivity index (χ0) is 14.4. The van der Waals surface area contributed by atoms with E-state index in [9.17, 15) is 4.79 Å². The van der Waals surface area contributed by atoms with Gasteiger partial charge in [-0.3, -0.25) is 4.79 Å². The number of carbonyl (C=O) groups is 1. The zero-order valence-electron chi connectivity index (χ0n) is 11.3. The molecule has 0 aliphatic heterocycles. The normalized spacial score (nSPS) is 11.8. The summed E-state index contributed by atoms with van der Waals surface area (Å²) in [5, 5.41) is 2.81. The van der Waals surface area contributed by atoms with Gasteiger partial charge in [0.15, 0.2) is 0 Å². The summed E-state index contributed by atoms with van der Waals surface area (Å²) in [7, 11) is 3.08. The van der Waals surface area contributed by atoms with Crippen LogP contribution in [0.2, 0.25) is 0 Å². The zero-order valence-corrected chi connectivity index (χ0v) is 12.9. The number of hydrogen-bond acceptors (Lipinski definition) is 4. The fourth-order valence-corrected chi connectivity index (χ4v) is 2.07. The first-order valence-corrected chi connectivity index (χ1v) is 6.74. The summed E-state index contributed by atoms with van der Waals surface area (Å²) >= 11 is 3.36. The number of ether oxygens (including phenoxy) is 2. The molecule has 0 aliphatic rings. The molecule has 6 heteroatoms. The Bertz CT molecular complexity index is 425. The molecule has 5 nitrogen and oxygen atoms in total. The maximum Gasteiger partial charge on any atom is 0.251 e. The first kappa shape index (κ1) is 15.8. The molecule has 1 aromatic carbocycles. The number of rotatable bonds is 6. The molecule has 1 aromatic rings. The third kappa shape index (κ3) is 4.40. The minimum absolute atomic E-state index is 0.0642. The Morgan fingerprint density at radius 2 is 1.89 bits per heavy atom. The lowest BCUT2D eigenvalue weighted by Crippen LogP contribution is -2.29. The number of nitrogens with one attached hydrogen (secondary N) is 1. The van der Waals surface area contributed by atoms with E-state index >= 15 is 0 Å². The summed E-state index contributed by atoms with van der Waals surface area (Å²) in [6, 6.07) is 3.39. The molecule has 0 radical (unpaired) electrons. The maximum absolute atomic E-state index is 12.0. The smallest absolute Gasteiger partial charge is 0.251 e. The molecule has 0 heterocycles. The van der Waals surface area contributed by atoms with Crippen LogP contribution in [0.1, 0.15) is 23.7 Å². The SMILES string of the molecule is COc1cc(C(=O)NCCC(C)N)cc(OC)c1Br. The predicted molar refractivity (Wildman–Crippen MR) is 77.8 cm³/mol. The maximum atomic E-state index is 12.0. The highest BCUT2D eigenvalue weighted by Crippen LogP contribution is 2.35. The number of nitrogens with two attached hydrogens (primary N) is 1. The van der Waals surface area contributed by atoms with E-state index in [2.05, 4.69) is 21.2 Å². The Morgan fingerprint density at radius 3 is 2.32 bits per heavy atom. The van der Waals surface area contributed by atoms with Crippen molar-refractivity contribution in [3.05, 3.63) is 22.2 Å². The van der Waals surface area contributed by atoms with E-state index in [0.717, 1.165) is 6.42 Å². The van der Waals surface area contributed by atoms with Gasteiger partial charge in [0.05, 0.1) is 14.2 Å². The minimum Gasteiger partial charge on any atom is -0.495 e. The predicted octanol–water partition coefficient (Wildman–Crippen LogP) is 1.93. The van der Waals surface area contributed by atoms with Gasteiger partial charge < -0.3 is 20.5 Å². The van der Waals surface area contributed by atoms with E-state index in [-0.39, 0.29) is 11.9 Å². The molecular weight excluding hydrogens is 312 g/mol. The molecule has 19 heavy (non-hydrogen) atoms. The Labute approximate surface area is 121 Å². The van der Waals surface area contributed by atoms with E-state index in [4.69, 9.17) is 15.2 Å². The van der Waals surface area contributed by atoms with Gasteiger partial charge in [-0.1, -0.05) is 0 Å². The number of methoxy groups -OCH3 is 2. The van der Waals surface area contributed by atoms with Gasteiger partial charge in [-0.15, -0.1) is 0 Å². The van der Waals surface area contributed by atoms with Gasteiger partial charge in [-0.2, -0.15) is 0 Å². The van der Waals surface area contributed by atoms with Gasteiger partial charge >= 0.3 is 0 Å². The average molecular weight is 331 g/mol. The van der Waals surface area contributed by atoms with Crippen LogP contribution in [-0.4, -0.2) is 32.7 Å². The summed E-state index contributed by atoms with van der Waals surface area (Å²) in [6.07, 6.45) is 0.733. The lowest BCUT2D eigenvalue weighted by molar-refractivity contribution is 0.0952. The Morgan fingerprint density at radius 1 is 1.37 bits per heavy atom. The molecule has 1 amide bonds. The Hall–Kier alpha value is -1.27. The van der Waals surface area contributed by atoms with E-state index in [0.29, 0.717) is 28.1 Å². The number of hydrogen-bond donors (Lipinski definition) is 2. The van der Waals surface area contributed by atoms with Gasteiger partial charge in [0.25, 0.3) is 5.91 Å². The number of amides is 1. The minimum atomic E-state index is -0.176. The van der Waals surface area contributed by atoms with Crippen LogP contribution in [0, 0.1) is 0 Å². The monoisotopic (exact) mass is 330 g/mol. The van der Waals surface area contributed by atoms with Crippen molar-refractivity contribution < 1.29 is 14.3 Å². The highest BCUT2D eigenvalue weighted by atomic mass is 79.9. The molecule has 0 saturated carbocycles. The molecule has 0 aliphatic carbocycles. The number of halogens is 1. The Balaban J connectivity index is 2.85. The summed E-state index contributed by atoms with van der Waals surface area (Å²) in [5.41, 5.74) is 6.12. The molecule has 0 fully saturated rings. The third-order valence-corrected chi connectivity index (χ3v) is 3.37. The van der Waals surface area contributed by atoms with E-state index in [1.165, 1.54) is 14.2 Å². The van der Waals surface area contributed by atoms with Crippen molar-refractivity contribution in [2.75, 3.05) is 20.8 Å². The van der Waals surface area contributed by atoms with E-state index < -0.39 is 0 Å². The van der Waals surface area contributed by atoms with Crippen LogP contribution in [0.4, 0.5) is 0 Å². The summed E-state index contributed by atoms with van der Waals surface area (Å²) in [5.74, 6) is 0.929. The van der Waals surface area contributed by atoms with Gasteiger partial charge in [-0.05, 0) is 41.4 Å². The summed E-state index contributed by atoms with van der Waals surface area (Å²) in [6.45, 7) is 2.44. The van der Waals surface area contributed by atoms with Crippen LogP contribution in [-0.2, 0) is 0 Å². The highest BCUT2D eigenvalue weighted by Gasteiger charge is 2.14. The first-order chi connectivity index (χ1) is 8.99. The van der Waals surface area contributed by atoms with Crippen LogP contribution in [0.5, 0.6) is 11.5 Å². The van der Waals surface area contributed by atoms with Crippen molar-refractivity contribution in [1.29, 1.82) is 0 Å². The lowest BCUT2D eigenvalue weighted by atomic mass is 10.1. The summed E-state index contributed by atoms with van der Waals surface area (Å²) < 4.78 is 11.1. The molecule has 106 valence electrons. The fourth-order valence-electron chi connectivity index (χ4n) is 1.52. The topological polar surface area (TPSA) is 73.6 Å². The summed E-state index contributed by atoms with van der Waals surface area (Å²) in [4.78, 5) is 12.0. The van der Waals surface area contributed by atoms with Crippen LogP contribution in [0.25, 0.3) is 0 Å². The average Bonchev–Trinajstić information content (AvgIpc) is 2.38. The highest BCUT2D eigenvalue weighted by molar-refractivity contribution is 9.10. The molecule has 1 rings (SSSR count). The second-order valence-electron chi connectivity index (χ2n) is 4.22. The molecule has 0 saturated heterocycles. The molecular formula is C13H19BrN2O3. The molecule has 1 unspecified atom stereocenters. The fraction of sp³-hybridized carbons (Fsp3) is 0.462. The third-order valence-electron chi connectivity index (χ3n) is 2.59. The van der Waals surface area contributed by atoms with Crippen molar-refractivity contribution in [3.63, 3.8) is 0 Å². The number of benzene rings is 1. The molecule has 0 spiro atoms. The standard InChI is InChI=1S/C13H19BrN2O3/c1-8(15)4-5-16-13(17)9-6-10(18-2)12(14)11(7-9)19-3/h6-8H,4-5,15H2,1-3H3,(H,16,17). The van der Waals surface area contributed by atoms with Gasteiger partial charge in [0, 0.05) is 18.2 Å². The van der Waals surface area contributed by atoms with E-state index in [1.54, 1.807) is 12.1 Å². The Kier molecular flexibility index (Phi) is 6.11. The van der Waals surface area contributed by atoms with Crippen molar-refractivity contribution >= 4 is 21.8 Å². The van der Waals surface area contributed by atoms with Gasteiger partial charge in [0.2, 0.25) is 0 Å². The van der Waals surface area contributed by atoms with Crippen LogP contribution in [0.15, 0.2) is 16.6 Å². The quantitative estimate of drug-likeness (QED) is 0.835. The first-order valence-electron chi connectivity index (χ1n) is 5.95. The van der Waals surface area contributed by atoms with Crippen LogP contribution in [0.3, 0.4) is 0 Å². The van der Waals surface area contributed by atoms with Crippen LogP contribution >= 0.6 is 15.9 Å². The van der Waals surface area contributed by atoms with Crippen molar-refractivity contribution in [1.82, 2.24) is 5.32 Å². The van der Waals surface area contributed by atoms with Gasteiger partial charge in [0.1, 0.15) is 16.0 Å². The van der Waals surface area contributed by atoms with Crippen molar-refractivity contribution in [2.45, 2.75) is 19.4 Å². The molecule has 0 bridgehead atoms. The second kappa shape index (κ2) is 7.35. The second-order valence-corrected chi connectivity index (χ2v) is 5.01. The van der Waals surface area contributed by atoms with E-state index in [1.807, 2.05) is 6.92 Å². The van der Waals surface area contributed by atoms with Crippen molar-refractivity contribution in [2.24, 2.45) is 5.73 Å². The molecule has 0 aromatic heterocycles. The number of carbonyl (C=O) groups excluding carboxylic acids is 1.